The van der Waals surface area contributed by atoms with Gasteiger partial charge in [-0.25, -0.2) is 9.59 Å². The van der Waals surface area contributed by atoms with Crippen LogP contribution in [0.2, 0.25) is 0 Å². The van der Waals surface area contributed by atoms with Gasteiger partial charge in [-0.3, -0.25) is 19.2 Å². The molecule has 13 nitrogen and oxygen atoms in total. The number of hydrogen-bond donors (Lipinski definition) is 6. The van der Waals surface area contributed by atoms with Crippen molar-refractivity contribution in [1.29, 1.82) is 0 Å². The van der Waals surface area contributed by atoms with Crippen molar-refractivity contribution in [2.75, 3.05) is 0 Å². The Hall–Kier alpha value is -1.42. The molecule has 0 spiro atoms. The third-order valence-electron chi connectivity index (χ3n) is 2.78. The number of carboxylic acid groups (broad SMARTS) is 4. The maximum Gasteiger partial charge on any atom is 1.00 e. The summed E-state index contributed by atoms with van der Waals surface area (Å²) in [5, 5.41) is 53.6. The molecule has 0 aliphatic heterocycles. The van der Waals surface area contributed by atoms with E-state index in [4.69, 9.17) is 20.4 Å². The molecule has 14 heteroatoms. The van der Waals surface area contributed by atoms with E-state index in [1.807, 2.05) is 0 Å². The molecule has 0 saturated heterocycles. The molecule has 0 heterocycles. The molecule has 0 bridgehead atoms. The van der Waals surface area contributed by atoms with E-state index in [1.54, 1.807) is 0 Å². The minimum absolute atomic E-state index is 0. The van der Waals surface area contributed by atoms with Crippen LogP contribution in [0.4, 0.5) is 0 Å². The molecule has 26 heavy (non-hydrogen) atoms. The average molecular weight is 406 g/mol. The van der Waals surface area contributed by atoms with E-state index in [0.29, 0.717) is 0 Å². The number of hydrogen-bond acceptors (Lipinski definition) is 9. The molecule has 0 aromatic heterocycles. The summed E-state index contributed by atoms with van der Waals surface area (Å²) in [6.45, 7) is 0. The zero-order valence-corrected chi connectivity index (χ0v) is 16.5. The fourth-order valence-corrected chi connectivity index (χ4v) is 1.60. The van der Waals surface area contributed by atoms with Gasteiger partial charge in [-0.05, 0) is 0 Å². The summed E-state index contributed by atoms with van der Waals surface area (Å²) in [5.74, 6) is -11.2. The van der Waals surface area contributed by atoms with Crippen LogP contribution < -0.4 is 51.4 Å². The molecule has 0 aliphatic rings. The Morgan fingerprint density at radius 3 is 1.12 bits per heavy atom. The molecule has 0 aliphatic carbocycles. The number of ether oxygens (including phenoxy) is 1. The van der Waals surface area contributed by atoms with Crippen molar-refractivity contribution in [2.45, 2.75) is 36.9 Å². The van der Waals surface area contributed by atoms with Crippen molar-refractivity contribution in [3.8, 4) is 0 Å². The molecule has 0 amide bonds. The van der Waals surface area contributed by atoms with Crippen LogP contribution >= 0.6 is 0 Å². The Balaban J connectivity index is -0.00000288. The maximum absolute atomic E-state index is 11.4. The fraction of sp³-hybridized carbons (Fsp3) is 0.500. The van der Waals surface area contributed by atoms with Crippen molar-refractivity contribution in [2.24, 2.45) is 0 Å². The fourth-order valence-electron chi connectivity index (χ4n) is 1.60. The quantitative estimate of drug-likeness (QED) is 0.113. The van der Waals surface area contributed by atoms with Crippen LogP contribution in [0, 0.1) is 0 Å². The normalized spacial score (nSPS) is 14.7. The van der Waals surface area contributed by atoms with Gasteiger partial charge in [-0.1, -0.05) is 0 Å². The maximum atomic E-state index is 11.4. The molecule has 0 aromatic carbocycles. The minimum atomic E-state index is -3.09. The van der Waals surface area contributed by atoms with Gasteiger partial charge in [0, 0.05) is 0 Å². The number of aliphatic carboxylic acids is 4. The van der Waals surface area contributed by atoms with E-state index in [2.05, 4.69) is 4.74 Å². The molecule has 0 rings (SSSR count). The Bertz CT molecular complexity index is 568. The zero-order chi connectivity index (χ0) is 20.0. The Morgan fingerprint density at radius 1 is 0.654 bits per heavy atom. The second-order valence-electron chi connectivity index (χ2n) is 5.01. The van der Waals surface area contributed by atoms with Crippen LogP contribution in [0.25, 0.3) is 0 Å². The van der Waals surface area contributed by atoms with E-state index in [9.17, 15) is 39.0 Å². The predicted molar refractivity (Wildman–Crippen MR) is 71.1 cm³/mol. The third kappa shape index (κ3) is 8.79. The van der Waals surface area contributed by atoms with Crippen LogP contribution in [-0.2, 0) is 33.5 Å². The molecular weight excluding hydrogens is 391 g/mol. The number of aliphatic hydroxyl groups is 2. The first kappa shape index (κ1) is 26.8. The monoisotopic (exact) mass is 406 g/mol. The molecule has 0 fully saturated rings. The molecule has 142 valence electrons. The van der Waals surface area contributed by atoms with Crippen LogP contribution in [0.1, 0.15) is 27.1 Å². The number of esters is 2. The first-order chi connectivity index (χ1) is 11.2. The first-order valence-corrected chi connectivity index (χ1v) is 6.30. The molecule has 0 radical (unpaired) electrons. The summed E-state index contributed by atoms with van der Waals surface area (Å²) in [5.41, 5.74) is -6.18. The van der Waals surface area contributed by atoms with E-state index in [1.165, 1.54) is 0 Å². The Morgan fingerprint density at radius 2 is 0.923 bits per heavy atom. The van der Waals surface area contributed by atoms with Gasteiger partial charge < -0.3 is 36.8 Å². The van der Waals surface area contributed by atoms with Gasteiger partial charge in [0.1, 0.15) is 0 Å². The van der Waals surface area contributed by atoms with Gasteiger partial charge >= 0.3 is 87.2 Å². The van der Waals surface area contributed by atoms with Gasteiger partial charge in [0.05, 0.1) is 25.7 Å². The van der Waals surface area contributed by atoms with Crippen molar-refractivity contribution in [3.63, 3.8) is 0 Å². The van der Waals surface area contributed by atoms with Crippen LogP contribution in [0.5, 0.6) is 0 Å². The van der Waals surface area contributed by atoms with Gasteiger partial charge in [0.25, 0.3) is 0 Å². The second-order valence-corrected chi connectivity index (χ2v) is 5.01. The molecule has 0 saturated carbocycles. The molecule has 2 unspecified atom stereocenters. The van der Waals surface area contributed by atoms with Gasteiger partial charge in [-0.2, -0.15) is 0 Å². The van der Waals surface area contributed by atoms with Gasteiger partial charge in [0.15, 0.2) is 11.2 Å². The SMILES string of the molecule is O=C(O)CC(O)(CC(=O)OC(=O)CC(O)(CC(=O)O)C(=O)O)C(=O)O.[H-].[K+]. The summed E-state index contributed by atoms with van der Waals surface area (Å²) in [6.07, 6.45) is -5.73. The summed E-state index contributed by atoms with van der Waals surface area (Å²) in [7, 11) is 0. The first-order valence-electron chi connectivity index (χ1n) is 6.30. The smallest absolute Gasteiger partial charge is 1.00 e. The Labute approximate surface area is 188 Å². The van der Waals surface area contributed by atoms with Crippen LogP contribution in [-0.4, -0.2) is 77.7 Å². The van der Waals surface area contributed by atoms with Crippen molar-refractivity contribution >= 4 is 35.8 Å². The standard InChI is InChI=1S/C12H14O13.K.H/c13-5(14)1-11(23,9(19)20)3-7(17)25-8(18)4-12(24,10(21)22)2-6(15)16;;/h23-24H,1-4H2,(H,13,14)(H,15,16)(H,19,20)(H,21,22);;/q;+1;-1. The van der Waals surface area contributed by atoms with Crippen LogP contribution in [0.15, 0.2) is 0 Å². The van der Waals surface area contributed by atoms with E-state index < -0.39 is 72.7 Å². The zero-order valence-electron chi connectivity index (χ0n) is 14.4. The molecule has 0 aromatic rings. The Kier molecular flexibility index (Phi) is 11.0. The molecule has 6 N–H and O–H groups in total. The number of carbonyl (C=O) groups is 6. The van der Waals surface area contributed by atoms with Crippen LogP contribution in [0.3, 0.4) is 0 Å². The molecule has 2 atom stereocenters. The van der Waals surface area contributed by atoms with Gasteiger partial charge in [-0.15, -0.1) is 0 Å². The largest absolute Gasteiger partial charge is 1.00 e. The summed E-state index contributed by atoms with van der Waals surface area (Å²) in [4.78, 5) is 65.5. The average Bonchev–Trinajstić information content (AvgIpc) is 2.34. The van der Waals surface area contributed by atoms with E-state index in [-0.39, 0.29) is 52.8 Å². The number of carboxylic acids is 4. The van der Waals surface area contributed by atoms with Gasteiger partial charge in [0.2, 0.25) is 0 Å². The van der Waals surface area contributed by atoms with Crippen molar-refractivity contribution in [3.05, 3.63) is 0 Å². The molecular formula is C12H15KO13. The summed E-state index contributed by atoms with van der Waals surface area (Å²) >= 11 is 0. The second kappa shape index (κ2) is 10.7. The predicted octanol–water partition coefficient (Wildman–Crippen LogP) is -5.47. The number of rotatable bonds is 10. The van der Waals surface area contributed by atoms with E-state index in [0.717, 1.165) is 0 Å². The summed E-state index contributed by atoms with van der Waals surface area (Å²) in [6, 6.07) is 0. The van der Waals surface area contributed by atoms with Crippen molar-refractivity contribution < 1.29 is 117 Å². The van der Waals surface area contributed by atoms with Crippen molar-refractivity contribution in [1.82, 2.24) is 0 Å². The minimum Gasteiger partial charge on any atom is -1.00 e. The van der Waals surface area contributed by atoms with E-state index >= 15 is 0 Å². The topological polar surface area (TPSA) is 233 Å². The third-order valence-corrected chi connectivity index (χ3v) is 2.78. The number of carbonyl (C=O) groups excluding carboxylic acids is 2. The summed E-state index contributed by atoms with van der Waals surface area (Å²) < 4.78 is 3.99.